The van der Waals surface area contributed by atoms with Crippen LogP contribution in [0.5, 0.6) is 0 Å². The number of hydrogen-bond donors (Lipinski definition) is 1. The molecule has 0 spiro atoms. The fourth-order valence-electron chi connectivity index (χ4n) is 2.04. The Morgan fingerprint density at radius 1 is 1.07 bits per heavy atom. The van der Waals surface area contributed by atoms with Crippen LogP contribution in [0.1, 0.15) is 47.0 Å². The molecular weight excluding hydrogens is 186 g/mol. The Morgan fingerprint density at radius 3 is 2.13 bits per heavy atom. The highest BCUT2D eigenvalue weighted by molar-refractivity contribution is 4.71. The van der Waals surface area contributed by atoms with Gasteiger partial charge in [-0.3, -0.25) is 0 Å². The molecule has 0 radical (unpaired) electrons. The first-order chi connectivity index (χ1) is 7.13. The standard InChI is InChI=1S/C13H29NO/c1-6-11(3)8-13(14-7-2)9-12(4)10-15-5/h11-14H,6-10H2,1-5H3. The van der Waals surface area contributed by atoms with Gasteiger partial charge in [-0.25, -0.2) is 0 Å². The molecule has 0 saturated heterocycles. The summed E-state index contributed by atoms with van der Waals surface area (Å²) in [5.74, 6) is 1.48. The van der Waals surface area contributed by atoms with Gasteiger partial charge in [0.2, 0.25) is 0 Å². The van der Waals surface area contributed by atoms with E-state index >= 15 is 0 Å². The Labute approximate surface area is 95.8 Å². The SMILES string of the molecule is CCNC(CC(C)CC)CC(C)COC. The molecular formula is C13H29NO. The molecule has 3 unspecified atom stereocenters. The average Bonchev–Trinajstić information content (AvgIpc) is 2.18. The monoisotopic (exact) mass is 215 g/mol. The van der Waals surface area contributed by atoms with Gasteiger partial charge in [-0.2, -0.15) is 0 Å². The molecule has 0 aromatic heterocycles. The van der Waals surface area contributed by atoms with Crippen LogP contribution in [0.15, 0.2) is 0 Å². The molecule has 3 atom stereocenters. The van der Waals surface area contributed by atoms with Gasteiger partial charge in [-0.15, -0.1) is 0 Å². The number of rotatable bonds is 9. The van der Waals surface area contributed by atoms with Crippen molar-refractivity contribution in [2.75, 3.05) is 20.3 Å². The molecule has 0 aromatic rings. The highest BCUT2D eigenvalue weighted by atomic mass is 16.5. The Kier molecular flexibility index (Phi) is 9.12. The van der Waals surface area contributed by atoms with E-state index in [0.717, 1.165) is 19.1 Å². The van der Waals surface area contributed by atoms with Gasteiger partial charge in [0, 0.05) is 19.8 Å². The molecule has 0 saturated carbocycles. The molecule has 92 valence electrons. The molecule has 0 aliphatic heterocycles. The van der Waals surface area contributed by atoms with E-state index in [9.17, 15) is 0 Å². The first kappa shape index (κ1) is 14.9. The van der Waals surface area contributed by atoms with E-state index in [0.29, 0.717) is 12.0 Å². The zero-order chi connectivity index (χ0) is 11.7. The third-order valence-corrected chi connectivity index (χ3v) is 3.01. The van der Waals surface area contributed by atoms with Crippen LogP contribution in [0.4, 0.5) is 0 Å². The summed E-state index contributed by atoms with van der Waals surface area (Å²) in [4.78, 5) is 0. The molecule has 2 nitrogen and oxygen atoms in total. The number of methoxy groups -OCH3 is 1. The van der Waals surface area contributed by atoms with Crippen LogP contribution in [-0.2, 0) is 4.74 Å². The fourth-order valence-corrected chi connectivity index (χ4v) is 2.04. The van der Waals surface area contributed by atoms with Crippen molar-refractivity contribution >= 4 is 0 Å². The lowest BCUT2D eigenvalue weighted by atomic mass is 9.93. The second-order valence-electron chi connectivity index (χ2n) is 4.80. The molecule has 0 rings (SSSR count). The van der Waals surface area contributed by atoms with Gasteiger partial charge in [0.15, 0.2) is 0 Å². The van der Waals surface area contributed by atoms with Crippen molar-refractivity contribution in [1.29, 1.82) is 0 Å². The van der Waals surface area contributed by atoms with E-state index in [2.05, 4.69) is 33.0 Å². The lowest BCUT2D eigenvalue weighted by Gasteiger charge is -2.24. The molecule has 0 amide bonds. The lowest BCUT2D eigenvalue weighted by molar-refractivity contribution is 0.147. The first-order valence-electron chi connectivity index (χ1n) is 6.36. The molecule has 0 aromatic carbocycles. The van der Waals surface area contributed by atoms with Crippen LogP contribution in [0.25, 0.3) is 0 Å². The van der Waals surface area contributed by atoms with Gasteiger partial charge < -0.3 is 10.1 Å². The van der Waals surface area contributed by atoms with Gasteiger partial charge in [0.05, 0.1) is 0 Å². The number of nitrogens with one attached hydrogen (secondary N) is 1. The van der Waals surface area contributed by atoms with Crippen LogP contribution >= 0.6 is 0 Å². The number of hydrogen-bond acceptors (Lipinski definition) is 2. The minimum Gasteiger partial charge on any atom is -0.384 e. The van der Waals surface area contributed by atoms with Crippen molar-refractivity contribution in [2.24, 2.45) is 11.8 Å². The third kappa shape index (κ3) is 7.80. The van der Waals surface area contributed by atoms with Crippen LogP contribution < -0.4 is 5.32 Å². The van der Waals surface area contributed by atoms with E-state index < -0.39 is 0 Å². The summed E-state index contributed by atoms with van der Waals surface area (Å²) in [5, 5.41) is 3.58. The summed E-state index contributed by atoms with van der Waals surface area (Å²) in [6, 6.07) is 0.662. The average molecular weight is 215 g/mol. The molecule has 0 heterocycles. The molecule has 0 bridgehead atoms. The third-order valence-electron chi connectivity index (χ3n) is 3.01. The predicted molar refractivity (Wildman–Crippen MR) is 67.2 cm³/mol. The zero-order valence-electron chi connectivity index (χ0n) is 11.2. The van der Waals surface area contributed by atoms with Crippen molar-refractivity contribution in [3.8, 4) is 0 Å². The van der Waals surface area contributed by atoms with Crippen LogP contribution in [0.2, 0.25) is 0 Å². The topological polar surface area (TPSA) is 21.3 Å². The Morgan fingerprint density at radius 2 is 1.67 bits per heavy atom. The molecule has 0 aliphatic carbocycles. The smallest absolute Gasteiger partial charge is 0.0488 e. The second-order valence-corrected chi connectivity index (χ2v) is 4.80. The predicted octanol–water partition coefficient (Wildman–Crippen LogP) is 3.07. The second kappa shape index (κ2) is 9.17. The van der Waals surface area contributed by atoms with E-state index in [1.54, 1.807) is 7.11 Å². The molecule has 0 fully saturated rings. The Hall–Kier alpha value is -0.0800. The minimum atomic E-state index is 0.656. The summed E-state index contributed by atoms with van der Waals surface area (Å²) in [6.07, 6.45) is 3.80. The summed E-state index contributed by atoms with van der Waals surface area (Å²) in [7, 11) is 1.79. The minimum absolute atomic E-state index is 0.656. The number of ether oxygens (including phenoxy) is 1. The van der Waals surface area contributed by atoms with E-state index in [1.807, 2.05) is 0 Å². The van der Waals surface area contributed by atoms with Gasteiger partial charge in [-0.05, 0) is 31.2 Å². The first-order valence-corrected chi connectivity index (χ1v) is 6.36. The van der Waals surface area contributed by atoms with Crippen molar-refractivity contribution in [3.05, 3.63) is 0 Å². The zero-order valence-corrected chi connectivity index (χ0v) is 11.2. The van der Waals surface area contributed by atoms with Gasteiger partial charge >= 0.3 is 0 Å². The summed E-state index contributed by atoms with van der Waals surface area (Å²) >= 11 is 0. The Bertz CT molecular complexity index is 138. The Balaban J connectivity index is 3.91. The van der Waals surface area contributed by atoms with Crippen LogP contribution in [0.3, 0.4) is 0 Å². The van der Waals surface area contributed by atoms with Gasteiger partial charge in [-0.1, -0.05) is 34.1 Å². The highest BCUT2D eigenvalue weighted by Gasteiger charge is 2.14. The molecule has 1 N–H and O–H groups in total. The van der Waals surface area contributed by atoms with E-state index in [-0.39, 0.29) is 0 Å². The van der Waals surface area contributed by atoms with Crippen molar-refractivity contribution < 1.29 is 4.74 Å². The molecule has 0 aliphatic rings. The quantitative estimate of drug-likeness (QED) is 0.638. The summed E-state index contributed by atoms with van der Waals surface area (Å²) in [6.45, 7) is 11.0. The van der Waals surface area contributed by atoms with Crippen LogP contribution in [0, 0.1) is 11.8 Å². The van der Waals surface area contributed by atoms with E-state index in [4.69, 9.17) is 4.74 Å². The van der Waals surface area contributed by atoms with Gasteiger partial charge in [0.1, 0.15) is 0 Å². The molecule has 2 heteroatoms. The van der Waals surface area contributed by atoms with Crippen LogP contribution in [-0.4, -0.2) is 26.3 Å². The maximum atomic E-state index is 5.19. The van der Waals surface area contributed by atoms with Gasteiger partial charge in [0.25, 0.3) is 0 Å². The summed E-state index contributed by atoms with van der Waals surface area (Å²) in [5.41, 5.74) is 0. The summed E-state index contributed by atoms with van der Waals surface area (Å²) < 4.78 is 5.19. The highest BCUT2D eigenvalue weighted by Crippen LogP contribution is 2.16. The molecule has 15 heavy (non-hydrogen) atoms. The van der Waals surface area contributed by atoms with Crippen molar-refractivity contribution in [2.45, 2.75) is 53.0 Å². The fraction of sp³-hybridized carbons (Fsp3) is 1.00. The maximum absolute atomic E-state index is 5.19. The van der Waals surface area contributed by atoms with E-state index in [1.165, 1.54) is 19.3 Å². The van der Waals surface area contributed by atoms with Crippen molar-refractivity contribution in [3.63, 3.8) is 0 Å². The maximum Gasteiger partial charge on any atom is 0.0488 e. The largest absolute Gasteiger partial charge is 0.384 e. The lowest BCUT2D eigenvalue weighted by Crippen LogP contribution is -2.33. The van der Waals surface area contributed by atoms with Crippen molar-refractivity contribution in [1.82, 2.24) is 5.32 Å². The normalized spacial score (nSPS) is 17.4.